The standard InChI is InChI=1S/C66H82N6O12/c1-10-40(4)54(57(76)83-39-43-20-14-13-15-21-43)68-56(75)50-24-18-29-71(50)53(74)38-72-31-25-46-45-22-16-17-23-49(45)67-55(46)65(61(77)81-8,35-44(37-72)32-42(11-2)36-72)48-33-47-51(34-52(48)80-7)69(6)59-64(47)27-30-70-28-19-26-63(12-3,58(64)70)60(84-41(5)73)66(59,79)62(78)82-9/h13-17,19-23,26,32-34,40,44,50,54,58-60,67,79H,10-12,18,24-25,27-31,35-39H2,1-9H3/p+1/t40-,44-,50-,54-,58-,59+,60+,63+,64+,65-,66-,72?/m0/s1. The maximum atomic E-state index is 16.0. The topological polar surface area (TPSA) is 206 Å². The van der Waals surface area contributed by atoms with Crippen LogP contribution in [0.25, 0.3) is 10.9 Å². The molecule has 4 aromatic rings. The van der Waals surface area contributed by atoms with E-state index in [9.17, 15) is 24.3 Å². The molecule has 6 aliphatic heterocycles. The van der Waals surface area contributed by atoms with Crippen molar-refractivity contribution in [3.63, 3.8) is 0 Å². The number of aromatic amines is 1. The van der Waals surface area contributed by atoms with Crippen LogP contribution in [0.2, 0.25) is 0 Å². The summed E-state index contributed by atoms with van der Waals surface area (Å²) in [5.74, 6) is -3.21. The van der Waals surface area contributed by atoms with E-state index in [1.807, 2.05) is 99.5 Å². The Balaban J connectivity index is 1.01. The second-order valence-corrected chi connectivity index (χ2v) is 25.0. The summed E-state index contributed by atoms with van der Waals surface area (Å²) in [6.07, 6.45) is 9.07. The molecule has 84 heavy (non-hydrogen) atoms. The first-order valence-corrected chi connectivity index (χ1v) is 30.2. The van der Waals surface area contributed by atoms with Crippen LogP contribution in [0.5, 0.6) is 5.75 Å². The molecule has 0 radical (unpaired) electrons. The van der Waals surface area contributed by atoms with Crippen molar-refractivity contribution in [3.8, 4) is 5.75 Å². The number of para-hydroxylation sites is 1. The van der Waals surface area contributed by atoms with E-state index in [0.717, 1.165) is 33.2 Å². The Bertz CT molecular complexity index is 3320. The van der Waals surface area contributed by atoms with Gasteiger partial charge in [0.1, 0.15) is 36.4 Å². The number of H-pyrrole nitrogens is 1. The van der Waals surface area contributed by atoms with Crippen LogP contribution in [0.4, 0.5) is 5.69 Å². The number of fused-ring (bicyclic) bond motifs is 6. The van der Waals surface area contributed by atoms with E-state index in [4.69, 9.17) is 23.7 Å². The molecule has 3 aromatic carbocycles. The Labute approximate surface area is 492 Å². The minimum absolute atomic E-state index is 0.0766. The molecule has 2 bridgehead atoms. The number of aliphatic hydroxyl groups is 1. The zero-order valence-corrected chi connectivity index (χ0v) is 50.2. The van der Waals surface area contributed by atoms with Gasteiger partial charge in [-0.2, -0.15) is 0 Å². The number of likely N-dealkylation sites (tertiary alicyclic amines) is 1. The molecule has 7 aliphatic rings. The summed E-state index contributed by atoms with van der Waals surface area (Å²) in [5.41, 5.74) is 0.456. The first-order valence-electron chi connectivity index (χ1n) is 30.2. The van der Waals surface area contributed by atoms with E-state index in [1.165, 1.54) is 21.1 Å². The van der Waals surface area contributed by atoms with Crippen LogP contribution in [0, 0.1) is 17.3 Å². The third-order valence-electron chi connectivity index (χ3n) is 20.8. The quantitative estimate of drug-likeness (QED) is 0.0470. The number of hydrogen-bond acceptors (Lipinski definition) is 14. The SMILES string of the molecule is CCC1=C[C@H]2C[C@](C(=O)OC)(c3cc4c(cc3OC)N(C)[C@H]3[C@@](O)(C(=O)OC)[C@H](OC(C)=O)[C@]5(CC)C=CCN6CC[C@]43[C@@H]65)c3[nH]c4ccccc4c3CC[N+](CC(=O)N3CCC[C@H]3C(=O)N[C@H](C(=O)OCc3ccccc3)[C@@H](C)CC)(C1)C2. The second kappa shape index (κ2) is 22.4. The first kappa shape index (κ1) is 58.7. The lowest BCUT2D eigenvalue weighted by molar-refractivity contribution is -0.921. The third kappa shape index (κ3) is 9.05. The Morgan fingerprint density at radius 3 is 2.38 bits per heavy atom. The highest BCUT2D eigenvalue weighted by atomic mass is 16.6. The number of methoxy groups -OCH3 is 3. The molecule has 1 saturated carbocycles. The highest BCUT2D eigenvalue weighted by Gasteiger charge is 2.80. The predicted octanol–water partition coefficient (Wildman–Crippen LogP) is 6.58. The monoisotopic (exact) mass is 1150 g/mol. The largest absolute Gasteiger partial charge is 0.496 e. The number of carbonyl (C=O) groups is 6. The predicted molar refractivity (Wildman–Crippen MR) is 315 cm³/mol. The highest BCUT2D eigenvalue weighted by Crippen LogP contribution is 2.68. The number of nitrogens with zero attached hydrogens (tertiary/aromatic N) is 4. The van der Waals surface area contributed by atoms with Crippen LogP contribution < -0.4 is 15.0 Å². The number of nitrogens with one attached hydrogen (secondary N) is 2. The van der Waals surface area contributed by atoms with E-state index in [-0.39, 0.29) is 49.3 Å². The smallest absolute Gasteiger partial charge is 0.344 e. The first-order chi connectivity index (χ1) is 40.3. The number of hydrogen-bond donors (Lipinski definition) is 3. The van der Waals surface area contributed by atoms with Crippen molar-refractivity contribution in [2.45, 2.75) is 139 Å². The molecule has 1 aliphatic carbocycles. The van der Waals surface area contributed by atoms with Gasteiger partial charge in [0.2, 0.25) is 11.5 Å². The fraction of sp³-hybridized carbons (Fsp3) is 0.545. The second-order valence-electron chi connectivity index (χ2n) is 25.0. The number of amides is 2. The van der Waals surface area contributed by atoms with Crippen LogP contribution in [0.3, 0.4) is 0 Å². The van der Waals surface area contributed by atoms with Crippen molar-refractivity contribution < 1.29 is 62.0 Å². The number of carbonyl (C=O) groups excluding carboxylic acids is 6. The molecule has 3 N–H and O–H groups in total. The maximum Gasteiger partial charge on any atom is 0.344 e. The van der Waals surface area contributed by atoms with E-state index >= 15 is 9.59 Å². The van der Waals surface area contributed by atoms with Gasteiger partial charge in [-0.25, -0.2) is 9.59 Å². The van der Waals surface area contributed by atoms with Gasteiger partial charge in [-0.05, 0) is 85.4 Å². The normalized spacial score (nSPS) is 30.9. The van der Waals surface area contributed by atoms with Gasteiger partial charge in [0.25, 0.3) is 5.91 Å². The summed E-state index contributed by atoms with van der Waals surface area (Å²) < 4.78 is 30.6. The van der Waals surface area contributed by atoms with Gasteiger partial charge in [-0.3, -0.25) is 24.1 Å². The van der Waals surface area contributed by atoms with Gasteiger partial charge in [-0.15, -0.1) is 0 Å². The number of ether oxygens (including phenoxy) is 5. The Kier molecular flexibility index (Phi) is 15.7. The summed E-state index contributed by atoms with van der Waals surface area (Å²) in [7, 11) is 6.10. The Morgan fingerprint density at radius 2 is 1.68 bits per heavy atom. The molecular weight excluding hydrogens is 1070 g/mol. The van der Waals surface area contributed by atoms with Gasteiger partial charge in [0.05, 0.1) is 40.5 Å². The molecule has 7 heterocycles. The lowest BCUT2D eigenvalue weighted by atomic mass is 9.47. The van der Waals surface area contributed by atoms with Crippen molar-refractivity contribution in [2.24, 2.45) is 17.3 Å². The van der Waals surface area contributed by atoms with Crippen LogP contribution in [-0.2, 0) is 71.6 Å². The van der Waals surface area contributed by atoms with Gasteiger partial charge >= 0.3 is 23.9 Å². The molecule has 1 aromatic heterocycles. The zero-order chi connectivity index (χ0) is 59.7. The number of likely N-dealkylation sites (N-methyl/N-ethyl adjacent to an activating group) is 1. The van der Waals surface area contributed by atoms with E-state index in [0.29, 0.717) is 111 Å². The minimum atomic E-state index is -2.37. The number of esters is 4. The van der Waals surface area contributed by atoms with Gasteiger partial charge in [0, 0.05) is 90.2 Å². The number of anilines is 1. The molecule has 2 amide bonds. The molecule has 18 nitrogen and oxygen atoms in total. The molecule has 3 fully saturated rings. The van der Waals surface area contributed by atoms with Crippen LogP contribution in [0.1, 0.15) is 108 Å². The van der Waals surface area contributed by atoms with Gasteiger partial charge in [-0.1, -0.05) is 101 Å². The van der Waals surface area contributed by atoms with Crippen molar-refractivity contribution in [3.05, 3.63) is 118 Å². The molecule has 1 spiro atoms. The molecule has 448 valence electrons. The van der Waals surface area contributed by atoms with E-state index in [2.05, 4.69) is 40.3 Å². The van der Waals surface area contributed by atoms with Crippen LogP contribution in [0.15, 0.2) is 90.5 Å². The van der Waals surface area contributed by atoms with E-state index < -0.39 is 70.0 Å². The van der Waals surface area contributed by atoms with Crippen molar-refractivity contribution in [1.82, 2.24) is 20.1 Å². The number of rotatable bonds is 16. The van der Waals surface area contributed by atoms with E-state index in [1.54, 1.807) is 12.0 Å². The van der Waals surface area contributed by atoms with Crippen molar-refractivity contribution in [1.29, 1.82) is 0 Å². The molecule has 11 rings (SSSR count). The average molecular weight is 1150 g/mol. The van der Waals surface area contributed by atoms with Gasteiger partial charge in [0.15, 0.2) is 12.6 Å². The zero-order valence-electron chi connectivity index (χ0n) is 50.2. The molecule has 18 heteroatoms. The molecule has 2 saturated heterocycles. The Hall–Kier alpha value is -7.02. The van der Waals surface area contributed by atoms with Crippen molar-refractivity contribution in [2.75, 3.05) is 79.1 Å². The van der Waals surface area contributed by atoms with Crippen LogP contribution in [-0.4, -0.2) is 170 Å². The number of aromatic nitrogens is 1. The molecular formula is C66H83N6O12+. The van der Waals surface area contributed by atoms with Crippen molar-refractivity contribution >= 4 is 52.3 Å². The molecule has 1 unspecified atom stereocenters. The third-order valence-corrected chi connectivity index (χ3v) is 20.8. The fourth-order valence-electron chi connectivity index (χ4n) is 17.1. The summed E-state index contributed by atoms with van der Waals surface area (Å²) in [5, 5.41) is 17.6. The summed E-state index contributed by atoms with van der Waals surface area (Å²) in [6, 6.07) is 18.4. The minimum Gasteiger partial charge on any atom is -0.496 e. The fourth-order valence-corrected chi connectivity index (χ4v) is 17.1. The summed E-state index contributed by atoms with van der Waals surface area (Å²) in [6.45, 7) is 12.7. The van der Waals surface area contributed by atoms with Crippen LogP contribution >= 0.6 is 0 Å². The molecule has 12 atom stereocenters. The maximum absolute atomic E-state index is 16.0. The van der Waals surface area contributed by atoms with Gasteiger partial charge < -0.3 is 53.4 Å². The average Bonchev–Trinajstić information content (AvgIpc) is 1.44. The lowest BCUT2D eigenvalue weighted by Gasteiger charge is -2.63. The highest BCUT2D eigenvalue weighted by molar-refractivity contribution is 5.95. The summed E-state index contributed by atoms with van der Waals surface area (Å²) in [4.78, 5) is 97.3. The number of quaternary nitrogens is 1. The number of benzene rings is 3. The lowest BCUT2D eigenvalue weighted by Crippen LogP contribution is -2.81. The summed E-state index contributed by atoms with van der Waals surface area (Å²) >= 11 is 0. The Morgan fingerprint density at radius 1 is 0.929 bits per heavy atom.